The van der Waals surface area contributed by atoms with Crippen molar-refractivity contribution in [3.05, 3.63) is 12.7 Å². The van der Waals surface area contributed by atoms with Crippen LogP contribution < -0.4 is 0 Å². The van der Waals surface area contributed by atoms with Gasteiger partial charge in [-0.2, -0.15) is 0 Å². The van der Waals surface area contributed by atoms with Gasteiger partial charge in [0.05, 0.1) is 6.61 Å². The van der Waals surface area contributed by atoms with Crippen LogP contribution in [0.5, 0.6) is 0 Å². The summed E-state index contributed by atoms with van der Waals surface area (Å²) >= 11 is 0. The first-order valence-corrected chi connectivity index (χ1v) is 5.22. The number of cyclic esters (lactones) is 1. The minimum atomic E-state index is -1.87. The van der Waals surface area contributed by atoms with Gasteiger partial charge in [0.1, 0.15) is 5.92 Å². The van der Waals surface area contributed by atoms with Crippen molar-refractivity contribution in [2.24, 2.45) is 5.92 Å². The van der Waals surface area contributed by atoms with Crippen LogP contribution in [0.2, 0.25) is 0 Å². The highest BCUT2D eigenvalue weighted by atomic mass is 16.6. The molecule has 0 spiro atoms. The minimum absolute atomic E-state index is 0.0317. The smallest absolute Gasteiger partial charge is 0.349 e. The van der Waals surface area contributed by atoms with Gasteiger partial charge in [0.15, 0.2) is 0 Å². The second-order valence-electron chi connectivity index (χ2n) is 3.63. The summed E-state index contributed by atoms with van der Waals surface area (Å²) in [6.07, 6.45) is 1.05. The molecule has 0 aliphatic carbocycles. The van der Waals surface area contributed by atoms with E-state index in [0.717, 1.165) is 6.08 Å². The van der Waals surface area contributed by atoms with Crippen molar-refractivity contribution in [2.45, 2.75) is 25.4 Å². The largest absolute Gasteiger partial charge is 0.478 e. The highest BCUT2D eigenvalue weighted by Crippen LogP contribution is 2.35. The van der Waals surface area contributed by atoms with Gasteiger partial charge in [-0.15, -0.1) is 6.58 Å². The molecule has 1 aliphatic rings. The number of carboxylic acid groups (broad SMARTS) is 1. The Bertz CT molecular complexity index is 361. The van der Waals surface area contributed by atoms with E-state index in [0.29, 0.717) is 0 Å². The molecule has 0 bridgehead atoms. The van der Waals surface area contributed by atoms with Crippen molar-refractivity contribution in [1.82, 2.24) is 0 Å². The van der Waals surface area contributed by atoms with E-state index in [1.807, 2.05) is 0 Å². The lowest BCUT2D eigenvalue weighted by atomic mass is 9.85. The Hall–Kier alpha value is -1.85. The molecule has 0 aromatic rings. The second kappa shape index (κ2) is 4.99. The van der Waals surface area contributed by atoms with E-state index in [1.165, 1.54) is 0 Å². The molecule has 94 valence electrons. The zero-order valence-corrected chi connectivity index (χ0v) is 9.47. The van der Waals surface area contributed by atoms with Gasteiger partial charge in [-0.05, 0) is 6.92 Å². The number of carbonyl (C=O) groups is 3. The number of rotatable bonds is 5. The van der Waals surface area contributed by atoms with Crippen molar-refractivity contribution in [3.63, 3.8) is 0 Å². The van der Waals surface area contributed by atoms with Gasteiger partial charge in [0.2, 0.25) is 5.60 Å². The first-order valence-electron chi connectivity index (χ1n) is 5.22. The molecule has 0 saturated carbocycles. The lowest BCUT2D eigenvalue weighted by molar-refractivity contribution is -0.180. The number of aliphatic carboxylic acids is 1. The monoisotopic (exact) mass is 242 g/mol. The van der Waals surface area contributed by atoms with E-state index in [-0.39, 0.29) is 19.4 Å². The summed E-state index contributed by atoms with van der Waals surface area (Å²) in [6, 6.07) is 0. The summed E-state index contributed by atoms with van der Waals surface area (Å²) in [5.41, 5.74) is -1.87. The average Bonchev–Trinajstić information content (AvgIpc) is 2.63. The first-order chi connectivity index (χ1) is 7.97. The van der Waals surface area contributed by atoms with Crippen molar-refractivity contribution < 1.29 is 29.0 Å². The number of esters is 2. The highest BCUT2D eigenvalue weighted by Gasteiger charge is 2.55. The Balaban J connectivity index is 3.04. The normalized spacial score (nSPS) is 24.9. The second-order valence-corrected chi connectivity index (χ2v) is 3.63. The molecule has 1 saturated heterocycles. The molecular weight excluding hydrogens is 228 g/mol. The number of hydrogen-bond donors (Lipinski definition) is 1. The van der Waals surface area contributed by atoms with Crippen molar-refractivity contribution in [1.29, 1.82) is 0 Å². The molecular formula is C11H14O6. The minimum Gasteiger partial charge on any atom is -0.478 e. The van der Waals surface area contributed by atoms with Crippen molar-refractivity contribution >= 4 is 17.9 Å². The fourth-order valence-corrected chi connectivity index (χ4v) is 1.80. The molecule has 6 nitrogen and oxygen atoms in total. The number of carboxylic acids is 1. The topological polar surface area (TPSA) is 89.9 Å². The summed E-state index contributed by atoms with van der Waals surface area (Å²) in [6.45, 7) is 5.13. The molecule has 0 aromatic heterocycles. The van der Waals surface area contributed by atoms with E-state index in [2.05, 4.69) is 6.58 Å². The summed E-state index contributed by atoms with van der Waals surface area (Å²) in [7, 11) is 0. The summed E-state index contributed by atoms with van der Waals surface area (Å²) < 4.78 is 9.57. The van der Waals surface area contributed by atoms with Gasteiger partial charge in [0.25, 0.3) is 0 Å². The summed E-state index contributed by atoms with van der Waals surface area (Å²) in [4.78, 5) is 34.0. The summed E-state index contributed by atoms with van der Waals surface area (Å²) in [5, 5.41) is 9.17. The maximum absolute atomic E-state index is 11.6. The van der Waals surface area contributed by atoms with E-state index in [1.54, 1.807) is 6.92 Å². The molecule has 1 unspecified atom stereocenters. The Morgan fingerprint density at radius 2 is 2.35 bits per heavy atom. The Morgan fingerprint density at radius 1 is 1.71 bits per heavy atom. The Kier molecular flexibility index (Phi) is 3.88. The fourth-order valence-electron chi connectivity index (χ4n) is 1.80. The van der Waals surface area contributed by atoms with Gasteiger partial charge in [-0.25, -0.2) is 4.79 Å². The van der Waals surface area contributed by atoms with Gasteiger partial charge >= 0.3 is 17.9 Å². The molecule has 17 heavy (non-hydrogen) atoms. The molecule has 1 heterocycles. The lowest BCUT2D eigenvalue weighted by Crippen LogP contribution is -2.48. The van der Waals surface area contributed by atoms with Crippen LogP contribution in [0.4, 0.5) is 0 Å². The van der Waals surface area contributed by atoms with Crippen LogP contribution in [0.1, 0.15) is 19.8 Å². The quantitative estimate of drug-likeness (QED) is 0.558. The van der Waals surface area contributed by atoms with Crippen molar-refractivity contribution in [2.75, 3.05) is 6.61 Å². The zero-order valence-electron chi connectivity index (χ0n) is 9.47. The maximum atomic E-state index is 11.6. The molecule has 1 rings (SSSR count). The third-order valence-corrected chi connectivity index (χ3v) is 2.64. The van der Waals surface area contributed by atoms with Gasteiger partial charge in [-0.3, -0.25) is 9.59 Å². The number of ether oxygens (including phenoxy) is 2. The maximum Gasteiger partial charge on any atom is 0.349 e. The number of carbonyl (C=O) groups excluding carboxylic acids is 2. The van der Waals surface area contributed by atoms with Crippen LogP contribution in [0.25, 0.3) is 0 Å². The van der Waals surface area contributed by atoms with Crippen LogP contribution >= 0.6 is 0 Å². The van der Waals surface area contributed by atoms with Crippen LogP contribution in [0.3, 0.4) is 0 Å². The highest BCUT2D eigenvalue weighted by molar-refractivity contribution is 5.92. The predicted molar refractivity (Wildman–Crippen MR) is 56.0 cm³/mol. The standard InChI is InChI=1S/C11H14O6/c1-3-7(9(13)16-4-2)11(10(14)15)6-5-8(12)17-11/h3,7H,1,4-6H2,2H3,(H,14,15)/t7?,11-/m0/s1. The van der Waals surface area contributed by atoms with Crippen molar-refractivity contribution in [3.8, 4) is 0 Å². The molecule has 2 atom stereocenters. The SMILES string of the molecule is C=CC(C(=O)OCC)[C@]1(C(=O)O)CCC(=O)O1. The third kappa shape index (κ3) is 2.30. The van der Waals surface area contributed by atoms with E-state index in [9.17, 15) is 14.4 Å². The number of hydrogen-bond acceptors (Lipinski definition) is 5. The Morgan fingerprint density at radius 3 is 2.71 bits per heavy atom. The van der Waals surface area contributed by atoms with Crippen LogP contribution in [-0.4, -0.2) is 35.2 Å². The zero-order chi connectivity index (χ0) is 13.1. The van der Waals surface area contributed by atoms with E-state index >= 15 is 0 Å². The molecule has 1 aliphatic heterocycles. The third-order valence-electron chi connectivity index (χ3n) is 2.64. The predicted octanol–water partition coefficient (Wildman–Crippen LogP) is 0.512. The average molecular weight is 242 g/mol. The molecule has 0 amide bonds. The first kappa shape index (κ1) is 13.2. The van der Waals surface area contributed by atoms with Gasteiger partial charge < -0.3 is 14.6 Å². The van der Waals surface area contributed by atoms with Crippen LogP contribution in [0.15, 0.2) is 12.7 Å². The van der Waals surface area contributed by atoms with Gasteiger partial charge in [-0.1, -0.05) is 6.08 Å². The van der Waals surface area contributed by atoms with Crippen LogP contribution in [0, 0.1) is 5.92 Å². The summed E-state index contributed by atoms with van der Waals surface area (Å²) in [5.74, 6) is -3.93. The van der Waals surface area contributed by atoms with Crippen LogP contribution in [-0.2, 0) is 23.9 Å². The molecule has 6 heteroatoms. The molecule has 0 radical (unpaired) electrons. The lowest BCUT2D eigenvalue weighted by Gasteiger charge is -2.28. The van der Waals surface area contributed by atoms with Gasteiger partial charge in [0, 0.05) is 12.8 Å². The molecule has 1 N–H and O–H groups in total. The Labute approximate surface area is 98.2 Å². The molecule has 1 fully saturated rings. The van der Waals surface area contributed by atoms with E-state index < -0.39 is 29.4 Å². The van der Waals surface area contributed by atoms with E-state index in [4.69, 9.17) is 14.6 Å². The fraction of sp³-hybridized carbons (Fsp3) is 0.545. The molecule has 0 aromatic carbocycles.